The summed E-state index contributed by atoms with van der Waals surface area (Å²) in [6, 6.07) is 31.0. The summed E-state index contributed by atoms with van der Waals surface area (Å²) in [6.07, 6.45) is -0.165. The van der Waals surface area contributed by atoms with E-state index < -0.39 is 52.9 Å². The number of aromatic carboxylic acids is 1. The zero-order chi connectivity index (χ0) is 52.0. The minimum atomic E-state index is -1.09. The zero-order valence-corrected chi connectivity index (χ0v) is 40.2. The van der Waals surface area contributed by atoms with E-state index in [4.69, 9.17) is 23.0 Å². The van der Waals surface area contributed by atoms with Crippen LogP contribution in [0.3, 0.4) is 0 Å². The first-order valence-electron chi connectivity index (χ1n) is 22.3. The van der Waals surface area contributed by atoms with Gasteiger partial charge in [0.1, 0.15) is 39.9 Å². The number of ether oxygens (including phenoxy) is 3. The molecule has 8 rings (SSSR count). The van der Waals surface area contributed by atoms with E-state index in [1.165, 1.54) is 89.0 Å². The van der Waals surface area contributed by atoms with E-state index in [9.17, 15) is 42.7 Å². The lowest BCUT2D eigenvalue weighted by Gasteiger charge is -2.19. The topological polar surface area (TPSA) is 201 Å². The maximum Gasteiger partial charge on any atom is 0.338 e. The Morgan fingerprint density at radius 1 is 0.556 bits per heavy atom. The molecular formula is C56H48F2N2O12. The van der Waals surface area contributed by atoms with Gasteiger partial charge in [-0.2, -0.15) is 0 Å². The van der Waals surface area contributed by atoms with Gasteiger partial charge in [-0.3, -0.25) is 19.2 Å². The number of amides is 2. The van der Waals surface area contributed by atoms with Crippen LogP contribution in [0.5, 0.6) is 0 Å². The molecule has 3 N–H and O–H groups in total. The molecule has 2 amide bonds. The molecule has 2 aromatic heterocycles. The van der Waals surface area contributed by atoms with Crippen LogP contribution in [0.4, 0.5) is 8.78 Å². The van der Waals surface area contributed by atoms with Crippen LogP contribution in [0.2, 0.25) is 0 Å². The fourth-order valence-electron chi connectivity index (χ4n) is 7.94. The van der Waals surface area contributed by atoms with Crippen molar-refractivity contribution in [3.63, 3.8) is 0 Å². The number of hydrogen-bond acceptors (Lipinski definition) is 11. The Balaban J connectivity index is 0.000000213. The smallest absolute Gasteiger partial charge is 0.338 e. The van der Waals surface area contributed by atoms with Crippen molar-refractivity contribution < 1.29 is 65.7 Å². The summed E-state index contributed by atoms with van der Waals surface area (Å²) < 4.78 is 54.4. The number of rotatable bonds is 12. The normalized spacial score (nSPS) is 11.1. The summed E-state index contributed by atoms with van der Waals surface area (Å²) in [5, 5.41) is 15.6. The van der Waals surface area contributed by atoms with Gasteiger partial charge >= 0.3 is 23.9 Å². The highest BCUT2D eigenvalue weighted by Crippen LogP contribution is 2.40. The molecule has 0 fully saturated rings. The van der Waals surface area contributed by atoms with Crippen molar-refractivity contribution >= 4 is 57.6 Å². The summed E-state index contributed by atoms with van der Waals surface area (Å²) in [7, 11) is 5.56. The van der Waals surface area contributed by atoms with E-state index in [-0.39, 0.29) is 41.1 Å². The molecule has 6 aromatic carbocycles. The molecule has 0 radical (unpaired) electrons. The Labute approximate surface area is 411 Å². The van der Waals surface area contributed by atoms with Gasteiger partial charge in [0.25, 0.3) is 11.8 Å². The van der Waals surface area contributed by atoms with Crippen molar-refractivity contribution in [2.75, 3.05) is 28.3 Å². The predicted octanol–water partition coefficient (Wildman–Crippen LogP) is 10.6. The fourth-order valence-corrected chi connectivity index (χ4v) is 7.94. The van der Waals surface area contributed by atoms with Gasteiger partial charge in [0.2, 0.25) is 0 Å². The van der Waals surface area contributed by atoms with Crippen molar-refractivity contribution in [3.8, 4) is 44.9 Å². The van der Waals surface area contributed by atoms with E-state index in [1.54, 1.807) is 81.4 Å². The second kappa shape index (κ2) is 21.4. The molecule has 0 saturated carbocycles. The van der Waals surface area contributed by atoms with E-state index >= 15 is 0 Å². The third kappa shape index (κ3) is 11.2. The predicted molar refractivity (Wildman–Crippen MR) is 264 cm³/mol. The molecule has 0 atom stereocenters. The van der Waals surface area contributed by atoms with Gasteiger partial charge in [0.05, 0.1) is 49.3 Å². The van der Waals surface area contributed by atoms with E-state index in [0.29, 0.717) is 72.0 Å². The molecule has 0 aliphatic heterocycles. The Kier molecular flexibility index (Phi) is 15.1. The summed E-state index contributed by atoms with van der Waals surface area (Å²) in [5.74, 6) is -3.67. The largest absolute Gasteiger partial charge is 0.478 e. The molecule has 0 spiro atoms. The van der Waals surface area contributed by atoms with Gasteiger partial charge in [-0.1, -0.05) is 24.3 Å². The molecule has 16 heteroatoms. The van der Waals surface area contributed by atoms with Gasteiger partial charge in [-0.25, -0.2) is 18.4 Å². The summed E-state index contributed by atoms with van der Waals surface area (Å²) >= 11 is 0. The molecule has 14 nitrogen and oxygen atoms in total. The third-order valence-electron chi connectivity index (χ3n) is 11.3. The molecule has 0 bridgehead atoms. The molecule has 368 valence electrons. The van der Waals surface area contributed by atoms with E-state index in [1.807, 2.05) is 0 Å². The minimum Gasteiger partial charge on any atom is -0.478 e. The molecular weight excluding hydrogens is 931 g/mol. The number of furan rings is 2. The fraction of sp³-hybridized carbons (Fsp3) is 0.179. The van der Waals surface area contributed by atoms with Crippen molar-refractivity contribution in [1.29, 1.82) is 0 Å². The molecule has 0 aliphatic carbocycles. The van der Waals surface area contributed by atoms with E-state index in [0.717, 1.165) is 0 Å². The van der Waals surface area contributed by atoms with Gasteiger partial charge < -0.3 is 38.8 Å². The maximum atomic E-state index is 13.6. The van der Waals surface area contributed by atoms with Gasteiger partial charge in [0.15, 0.2) is 0 Å². The number of methoxy groups -OCH3 is 2. The van der Waals surface area contributed by atoms with Gasteiger partial charge in [0, 0.05) is 36.0 Å². The number of carbonyl (C=O) groups is 6. The van der Waals surface area contributed by atoms with E-state index in [2.05, 4.69) is 10.6 Å². The number of hydrogen-bond donors (Lipinski definition) is 3. The highest BCUT2D eigenvalue weighted by atomic mass is 19.1. The first-order valence-corrected chi connectivity index (χ1v) is 22.3. The Morgan fingerprint density at radius 2 is 0.958 bits per heavy atom. The Bertz CT molecular complexity index is 3400. The van der Waals surface area contributed by atoms with Crippen LogP contribution >= 0.6 is 0 Å². The highest BCUT2D eigenvalue weighted by molar-refractivity contribution is 6.13. The monoisotopic (exact) mass is 978 g/mol. The van der Waals surface area contributed by atoms with Crippen LogP contribution in [-0.2, 0) is 36.6 Å². The molecule has 72 heavy (non-hydrogen) atoms. The average Bonchev–Trinajstić information content (AvgIpc) is 3.93. The first kappa shape index (κ1) is 50.9. The van der Waals surface area contributed by atoms with Gasteiger partial charge in [-0.05, 0) is 151 Å². The summed E-state index contributed by atoms with van der Waals surface area (Å²) in [5.41, 5.74) is 5.45. The maximum absolute atomic E-state index is 13.6. The van der Waals surface area contributed by atoms with Crippen LogP contribution < -0.4 is 10.6 Å². The second-order valence-corrected chi connectivity index (χ2v) is 17.3. The minimum absolute atomic E-state index is 0.0691. The number of carbonyl (C=O) groups excluding carboxylic acids is 5. The summed E-state index contributed by atoms with van der Waals surface area (Å²) in [6.45, 7) is 5.36. The molecule has 0 aliphatic rings. The average molecular weight is 979 g/mol. The summed E-state index contributed by atoms with van der Waals surface area (Å²) in [4.78, 5) is 74.5. The van der Waals surface area contributed by atoms with Crippen molar-refractivity contribution in [2.45, 2.75) is 39.2 Å². The number of carboxylic acid groups (broad SMARTS) is 1. The quantitative estimate of drug-likeness (QED) is 0.0774. The number of esters is 3. The van der Waals surface area contributed by atoms with Crippen molar-refractivity contribution in [3.05, 3.63) is 166 Å². The Hall–Kier alpha value is -8.92. The lowest BCUT2D eigenvalue weighted by atomic mass is 9.93. The third-order valence-corrected chi connectivity index (χ3v) is 11.3. The number of carboxylic acids is 1. The van der Waals surface area contributed by atoms with Gasteiger partial charge in [-0.15, -0.1) is 0 Å². The molecule has 0 saturated heterocycles. The Morgan fingerprint density at radius 3 is 1.33 bits per heavy atom. The number of benzene rings is 6. The van der Waals surface area contributed by atoms with Crippen LogP contribution in [-0.4, -0.2) is 74.7 Å². The van der Waals surface area contributed by atoms with Crippen LogP contribution in [0, 0.1) is 11.6 Å². The molecule has 2 heterocycles. The second-order valence-electron chi connectivity index (χ2n) is 17.3. The SMILES string of the molecule is CNC(=O)c1c(-c2ccc(F)cc2)oc2cc(CC(=O)OC)c(-c3cccc(C(=O)O)c3)cc12.CNC(=O)c1c(-c2ccc(F)cc2)oc2cc(CC(=O)OC)c(-c3cccc(C(=O)OC(C)(C)C)c3)cc12. The molecule has 0 unspecified atom stereocenters. The highest BCUT2D eigenvalue weighted by Gasteiger charge is 2.27. The molecule has 8 aromatic rings. The standard InChI is InChI=1S/C30H28FNO6.C26H20FNO6/c1-30(2,3)38-29(35)19-8-6-7-18(13-19)22-16-23-24(14-20(22)15-25(33)36-5)37-27(26(23)28(34)32-4)17-9-11-21(31)12-10-17;1-28-25(30)23-20-13-19(15-4-3-5-16(10-15)26(31)32)17(12-22(29)33-2)11-21(20)34-24(23)14-6-8-18(27)9-7-14/h6-14,16H,15H2,1-5H3,(H,32,34);3-11,13H,12H2,1-2H3,(H,28,30)(H,31,32). The van der Waals surface area contributed by atoms with Crippen LogP contribution in [0.15, 0.2) is 130 Å². The lowest BCUT2D eigenvalue weighted by molar-refractivity contribution is -0.140. The van der Waals surface area contributed by atoms with Crippen LogP contribution in [0.1, 0.15) is 73.3 Å². The number of fused-ring (bicyclic) bond motifs is 2. The number of nitrogens with one attached hydrogen (secondary N) is 2. The lowest BCUT2D eigenvalue weighted by Crippen LogP contribution is -2.23. The number of halogens is 2. The van der Waals surface area contributed by atoms with Crippen molar-refractivity contribution in [2.24, 2.45) is 0 Å². The van der Waals surface area contributed by atoms with Crippen LogP contribution in [0.25, 0.3) is 66.8 Å². The first-order chi connectivity index (χ1) is 34.3. The zero-order valence-electron chi connectivity index (χ0n) is 40.2. The van der Waals surface area contributed by atoms with Crippen molar-refractivity contribution in [1.82, 2.24) is 10.6 Å².